The second kappa shape index (κ2) is 7.90. The molecule has 5 heteroatoms. The zero-order chi connectivity index (χ0) is 15.1. The van der Waals surface area contributed by atoms with E-state index in [1.807, 2.05) is 37.7 Å². The van der Waals surface area contributed by atoms with Crippen molar-refractivity contribution < 1.29 is 9.21 Å². The minimum atomic E-state index is -0.377. The van der Waals surface area contributed by atoms with Crippen molar-refractivity contribution in [3.8, 4) is 0 Å². The third kappa shape index (κ3) is 4.78. The number of furan rings is 1. The Labute approximate surface area is 131 Å². The van der Waals surface area contributed by atoms with Gasteiger partial charge in [0, 0.05) is 6.54 Å². The Bertz CT molecular complexity index is 425. The lowest BCUT2D eigenvalue weighted by atomic mass is 10.0. The molecular weight excluding hydrogens is 284 g/mol. The van der Waals surface area contributed by atoms with Crippen molar-refractivity contribution >= 4 is 17.7 Å². The van der Waals surface area contributed by atoms with E-state index < -0.39 is 0 Å². The van der Waals surface area contributed by atoms with Crippen molar-refractivity contribution in [1.82, 2.24) is 10.2 Å². The molecule has 0 aromatic carbocycles. The Kier molecular flexibility index (Phi) is 6.18. The Morgan fingerprint density at radius 1 is 1.43 bits per heavy atom. The number of carbonyl (C=O) groups excluding carboxylic acids is 1. The average molecular weight is 310 g/mol. The third-order valence-electron chi connectivity index (χ3n) is 4.03. The van der Waals surface area contributed by atoms with Gasteiger partial charge in [0.25, 0.3) is 0 Å². The molecule has 1 aliphatic rings. The quantitative estimate of drug-likeness (QED) is 0.750. The second-order valence-corrected chi connectivity index (χ2v) is 7.10. The molecule has 1 fully saturated rings. The highest BCUT2D eigenvalue weighted by molar-refractivity contribution is 7.98. The number of rotatable bonds is 8. The van der Waals surface area contributed by atoms with Crippen molar-refractivity contribution in [2.75, 3.05) is 25.4 Å². The Hall–Kier alpha value is -0.940. The first-order valence-corrected chi connectivity index (χ1v) is 8.89. The largest absolute Gasteiger partial charge is 0.468 e. The molecule has 1 aliphatic heterocycles. The molecule has 0 bridgehead atoms. The highest BCUT2D eigenvalue weighted by Crippen LogP contribution is 2.21. The first kappa shape index (κ1) is 16.4. The van der Waals surface area contributed by atoms with Crippen molar-refractivity contribution in [3.05, 3.63) is 24.2 Å². The molecule has 1 amide bonds. The summed E-state index contributed by atoms with van der Waals surface area (Å²) in [7, 11) is 0. The molecule has 0 aliphatic carbocycles. The molecule has 1 aromatic heterocycles. The van der Waals surface area contributed by atoms with E-state index in [-0.39, 0.29) is 11.4 Å². The van der Waals surface area contributed by atoms with E-state index in [2.05, 4.69) is 10.2 Å². The molecule has 0 spiro atoms. The van der Waals surface area contributed by atoms with Gasteiger partial charge in [-0.05, 0) is 64.1 Å². The maximum atomic E-state index is 12.3. The van der Waals surface area contributed by atoms with Crippen LogP contribution in [0.15, 0.2) is 22.8 Å². The zero-order valence-corrected chi connectivity index (χ0v) is 13.9. The number of thioether (sulfide) groups is 1. The summed E-state index contributed by atoms with van der Waals surface area (Å²) in [5, 5.41) is 3.08. The molecule has 1 saturated heterocycles. The van der Waals surface area contributed by atoms with E-state index in [1.54, 1.807) is 6.26 Å². The van der Waals surface area contributed by atoms with Crippen molar-refractivity contribution in [1.29, 1.82) is 0 Å². The van der Waals surface area contributed by atoms with Crippen molar-refractivity contribution in [2.45, 2.75) is 44.4 Å². The van der Waals surface area contributed by atoms with Gasteiger partial charge in [-0.2, -0.15) is 11.8 Å². The van der Waals surface area contributed by atoms with Crippen LogP contribution in [-0.4, -0.2) is 41.7 Å². The predicted molar refractivity (Wildman–Crippen MR) is 87.4 cm³/mol. The fourth-order valence-corrected chi connectivity index (χ4v) is 3.44. The van der Waals surface area contributed by atoms with Gasteiger partial charge in [-0.1, -0.05) is 0 Å². The number of hydrogen-bond donors (Lipinski definition) is 1. The maximum absolute atomic E-state index is 12.3. The molecule has 0 unspecified atom stereocenters. The summed E-state index contributed by atoms with van der Waals surface area (Å²) in [6.07, 6.45) is 5.12. The van der Waals surface area contributed by atoms with E-state index in [0.29, 0.717) is 0 Å². The van der Waals surface area contributed by atoms with Crippen LogP contribution < -0.4 is 5.32 Å². The van der Waals surface area contributed by atoms with Crippen LogP contribution in [0.25, 0.3) is 0 Å². The van der Waals surface area contributed by atoms with E-state index in [9.17, 15) is 4.79 Å². The van der Waals surface area contributed by atoms with Crippen LogP contribution in [0.2, 0.25) is 0 Å². The van der Waals surface area contributed by atoms with Crippen LogP contribution in [0.4, 0.5) is 0 Å². The standard InChI is InChI=1S/C16H26N2O2S/c1-16(2,18-9-3-4-10-18)15(19)17-8-6-12-21-13-14-7-5-11-20-14/h5,7,11H,3-4,6,8-10,12-13H2,1-2H3,(H,17,19). The SMILES string of the molecule is CC(C)(C(=O)NCCCSCc1ccco1)N1CCCC1. The van der Waals surface area contributed by atoms with Crippen LogP contribution >= 0.6 is 11.8 Å². The van der Waals surface area contributed by atoms with Crippen LogP contribution in [0.3, 0.4) is 0 Å². The lowest BCUT2D eigenvalue weighted by Gasteiger charge is -2.33. The summed E-state index contributed by atoms with van der Waals surface area (Å²) in [5.41, 5.74) is -0.377. The van der Waals surface area contributed by atoms with Crippen LogP contribution in [0.5, 0.6) is 0 Å². The zero-order valence-electron chi connectivity index (χ0n) is 13.1. The first-order valence-electron chi connectivity index (χ1n) is 7.74. The number of likely N-dealkylation sites (tertiary alicyclic amines) is 1. The minimum Gasteiger partial charge on any atom is -0.468 e. The first-order chi connectivity index (χ1) is 10.1. The van der Waals surface area contributed by atoms with Gasteiger partial charge in [0.05, 0.1) is 17.6 Å². The summed E-state index contributed by atoms with van der Waals surface area (Å²) in [6, 6.07) is 3.91. The number of amides is 1. The highest BCUT2D eigenvalue weighted by atomic mass is 32.2. The van der Waals surface area contributed by atoms with E-state index in [0.717, 1.165) is 43.3 Å². The molecule has 2 heterocycles. The predicted octanol–water partition coefficient (Wildman–Crippen LogP) is 2.89. The minimum absolute atomic E-state index is 0.153. The lowest BCUT2D eigenvalue weighted by Crippen LogP contribution is -2.54. The molecule has 0 atom stereocenters. The van der Waals surface area contributed by atoms with E-state index >= 15 is 0 Å². The maximum Gasteiger partial charge on any atom is 0.239 e. The second-order valence-electron chi connectivity index (χ2n) is 5.99. The van der Waals surface area contributed by atoms with Gasteiger partial charge in [-0.3, -0.25) is 9.69 Å². The molecular formula is C16H26N2O2S. The average Bonchev–Trinajstić information content (AvgIpc) is 3.14. The highest BCUT2D eigenvalue weighted by Gasteiger charge is 2.35. The smallest absolute Gasteiger partial charge is 0.239 e. The number of hydrogen-bond acceptors (Lipinski definition) is 4. The summed E-state index contributed by atoms with van der Waals surface area (Å²) >= 11 is 1.84. The monoisotopic (exact) mass is 310 g/mol. The van der Waals surface area contributed by atoms with Gasteiger partial charge >= 0.3 is 0 Å². The Balaban J connectivity index is 1.58. The molecule has 1 aromatic rings. The van der Waals surface area contributed by atoms with Crippen molar-refractivity contribution in [2.24, 2.45) is 0 Å². The molecule has 4 nitrogen and oxygen atoms in total. The molecule has 21 heavy (non-hydrogen) atoms. The fourth-order valence-electron chi connectivity index (χ4n) is 2.58. The summed E-state index contributed by atoms with van der Waals surface area (Å²) in [6.45, 7) is 6.89. The topological polar surface area (TPSA) is 45.5 Å². The summed E-state index contributed by atoms with van der Waals surface area (Å²) < 4.78 is 5.28. The van der Waals surface area contributed by atoms with Gasteiger partial charge in [0.2, 0.25) is 5.91 Å². The number of nitrogens with zero attached hydrogens (tertiary/aromatic N) is 1. The van der Waals surface area contributed by atoms with Gasteiger partial charge in [0.15, 0.2) is 0 Å². The van der Waals surface area contributed by atoms with Crippen LogP contribution in [0.1, 0.15) is 38.9 Å². The normalized spacial score (nSPS) is 16.3. The van der Waals surface area contributed by atoms with Gasteiger partial charge in [0.1, 0.15) is 5.76 Å². The Morgan fingerprint density at radius 3 is 2.86 bits per heavy atom. The molecule has 118 valence electrons. The number of carbonyl (C=O) groups is 1. The summed E-state index contributed by atoms with van der Waals surface area (Å²) in [5.74, 6) is 3.10. The van der Waals surface area contributed by atoms with Gasteiger partial charge in [-0.15, -0.1) is 0 Å². The van der Waals surface area contributed by atoms with Crippen LogP contribution in [-0.2, 0) is 10.5 Å². The molecule has 1 N–H and O–H groups in total. The third-order valence-corrected chi connectivity index (χ3v) is 5.09. The van der Waals surface area contributed by atoms with Gasteiger partial charge < -0.3 is 9.73 Å². The van der Waals surface area contributed by atoms with Gasteiger partial charge in [-0.25, -0.2) is 0 Å². The lowest BCUT2D eigenvalue weighted by molar-refractivity contribution is -0.131. The summed E-state index contributed by atoms with van der Waals surface area (Å²) in [4.78, 5) is 14.6. The van der Waals surface area contributed by atoms with E-state index in [1.165, 1.54) is 12.8 Å². The molecule has 2 rings (SSSR count). The van der Waals surface area contributed by atoms with Crippen molar-refractivity contribution in [3.63, 3.8) is 0 Å². The van der Waals surface area contributed by atoms with Crippen LogP contribution in [0, 0.1) is 0 Å². The number of nitrogens with one attached hydrogen (secondary N) is 1. The molecule has 0 saturated carbocycles. The van der Waals surface area contributed by atoms with E-state index in [4.69, 9.17) is 4.42 Å². The molecule has 0 radical (unpaired) electrons. The fraction of sp³-hybridized carbons (Fsp3) is 0.688. The Morgan fingerprint density at radius 2 is 2.19 bits per heavy atom.